The van der Waals surface area contributed by atoms with E-state index in [0.717, 1.165) is 24.2 Å². The number of fused-ring (bicyclic) bond motifs is 1. The van der Waals surface area contributed by atoms with Gasteiger partial charge in [0, 0.05) is 5.56 Å². The van der Waals surface area contributed by atoms with Crippen LogP contribution >= 0.6 is 0 Å². The van der Waals surface area contributed by atoms with E-state index in [1.807, 2.05) is 6.07 Å². The van der Waals surface area contributed by atoms with Crippen LogP contribution in [0, 0.1) is 5.92 Å². The molecule has 0 fully saturated rings. The fourth-order valence-corrected chi connectivity index (χ4v) is 2.53. The van der Waals surface area contributed by atoms with Crippen LogP contribution in [0.2, 0.25) is 0 Å². The van der Waals surface area contributed by atoms with Crippen molar-refractivity contribution in [3.8, 4) is 5.75 Å². The molecule has 0 saturated carbocycles. The number of hydrogen-bond donors (Lipinski definition) is 0. The van der Waals surface area contributed by atoms with Crippen LogP contribution in [-0.4, -0.2) is 25.0 Å². The number of carbonyl (C=O) groups excluding carboxylic acids is 2. The summed E-state index contributed by atoms with van der Waals surface area (Å²) in [7, 11) is 0. The van der Waals surface area contributed by atoms with Gasteiger partial charge in [0.15, 0.2) is 5.78 Å². The second kappa shape index (κ2) is 7.25. The van der Waals surface area contributed by atoms with Crippen molar-refractivity contribution in [3.63, 3.8) is 0 Å². The Balaban J connectivity index is 2.10. The number of aryl methyl sites for hydroxylation is 1. The molecule has 1 aromatic carbocycles. The summed E-state index contributed by atoms with van der Waals surface area (Å²) in [5.74, 6) is -0.389. The molecule has 0 saturated heterocycles. The molecule has 0 N–H and O–H groups in total. The third-order valence-corrected chi connectivity index (χ3v) is 3.70. The fraction of sp³-hybridized carbons (Fsp3) is 0.529. The summed E-state index contributed by atoms with van der Waals surface area (Å²) in [4.78, 5) is 24.2. The maximum atomic E-state index is 12.4. The summed E-state index contributed by atoms with van der Waals surface area (Å²) < 4.78 is 10.6. The minimum absolute atomic E-state index is 0.130. The van der Waals surface area contributed by atoms with Crippen LogP contribution in [0.3, 0.4) is 0 Å². The molecule has 0 amide bonds. The number of benzene rings is 1. The summed E-state index contributed by atoms with van der Waals surface area (Å²) in [6, 6.07) is 5.49. The highest BCUT2D eigenvalue weighted by Crippen LogP contribution is 2.29. The Hall–Kier alpha value is -1.84. The molecule has 1 aromatic rings. The van der Waals surface area contributed by atoms with Crippen LogP contribution in [0.5, 0.6) is 5.75 Å². The summed E-state index contributed by atoms with van der Waals surface area (Å²) in [5.41, 5.74) is 1.59. The standard InChI is InChI=1S/C17H22O4/c1-3-5-10-21-13-7-9-14-12(11-13)6-8-15(16(14)18)17(19)20-4-2/h7,9,11,15H,3-6,8,10H2,1-2H3. The first kappa shape index (κ1) is 15.5. The van der Waals surface area contributed by atoms with Gasteiger partial charge >= 0.3 is 5.97 Å². The molecule has 0 spiro atoms. The van der Waals surface area contributed by atoms with E-state index in [1.165, 1.54) is 0 Å². The Labute approximate surface area is 125 Å². The zero-order valence-electron chi connectivity index (χ0n) is 12.7. The Morgan fingerprint density at radius 3 is 2.86 bits per heavy atom. The lowest BCUT2D eigenvalue weighted by Gasteiger charge is -2.22. The predicted octanol–water partition coefficient (Wildman–Crippen LogP) is 3.17. The molecular formula is C17H22O4. The Bertz CT molecular complexity index is 522. The van der Waals surface area contributed by atoms with Crippen LogP contribution in [0.15, 0.2) is 18.2 Å². The minimum atomic E-state index is -0.649. The van der Waals surface area contributed by atoms with Crippen molar-refractivity contribution < 1.29 is 19.1 Å². The van der Waals surface area contributed by atoms with Crippen molar-refractivity contribution in [2.24, 2.45) is 5.92 Å². The van der Waals surface area contributed by atoms with Crippen LogP contribution < -0.4 is 4.74 Å². The topological polar surface area (TPSA) is 52.6 Å². The predicted molar refractivity (Wildman–Crippen MR) is 79.6 cm³/mol. The highest BCUT2D eigenvalue weighted by molar-refractivity contribution is 6.10. The molecule has 0 radical (unpaired) electrons. The molecule has 0 bridgehead atoms. The van der Waals surface area contributed by atoms with E-state index in [1.54, 1.807) is 19.1 Å². The molecule has 1 atom stereocenters. The van der Waals surface area contributed by atoms with Gasteiger partial charge in [-0.15, -0.1) is 0 Å². The monoisotopic (exact) mass is 290 g/mol. The van der Waals surface area contributed by atoms with E-state index in [4.69, 9.17) is 9.47 Å². The third kappa shape index (κ3) is 3.63. The van der Waals surface area contributed by atoms with Crippen LogP contribution in [0.4, 0.5) is 0 Å². The first-order valence-corrected chi connectivity index (χ1v) is 7.64. The molecule has 1 unspecified atom stereocenters. The van der Waals surface area contributed by atoms with Crippen LogP contribution in [0.25, 0.3) is 0 Å². The van der Waals surface area contributed by atoms with Crippen molar-refractivity contribution >= 4 is 11.8 Å². The first-order chi connectivity index (χ1) is 10.2. The smallest absolute Gasteiger partial charge is 0.316 e. The third-order valence-electron chi connectivity index (χ3n) is 3.70. The Morgan fingerprint density at radius 2 is 2.14 bits per heavy atom. The van der Waals surface area contributed by atoms with E-state index in [0.29, 0.717) is 31.6 Å². The van der Waals surface area contributed by atoms with E-state index in [-0.39, 0.29) is 5.78 Å². The average Bonchev–Trinajstić information content (AvgIpc) is 2.48. The van der Waals surface area contributed by atoms with Gasteiger partial charge in [-0.25, -0.2) is 0 Å². The van der Waals surface area contributed by atoms with Gasteiger partial charge < -0.3 is 9.47 Å². The normalized spacial score (nSPS) is 17.2. The van der Waals surface area contributed by atoms with E-state index >= 15 is 0 Å². The van der Waals surface area contributed by atoms with Gasteiger partial charge in [0.05, 0.1) is 13.2 Å². The number of carbonyl (C=O) groups is 2. The number of hydrogen-bond acceptors (Lipinski definition) is 4. The SMILES string of the molecule is CCCCOc1ccc2c(c1)CCC(C(=O)OCC)C2=O. The van der Waals surface area contributed by atoms with Gasteiger partial charge in [0.25, 0.3) is 0 Å². The second-order valence-corrected chi connectivity index (χ2v) is 5.23. The summed E-state index contributed by atoms with van der Waals surface area (Å²) >= 11 is 0. The van der Waals surface area contributed by atoms with E-state index in [2.05, 4.69) is 6.92 Å². The zero-order valence-corrected chi connectivity index (χ0v) is 12.7. The average molecular weight is 290 g/mol. The molecule has 0 aromatic heterocycles. The summed E-state index contributed by atoms with van der Waals surface area (Å²) in [6.07, 6.45) is 3.32. The summed E-state index contributed by atoms with van der Waals surface area (Å²) in [6.45, 7) is 4.86. The van der Waals surface area contributed by atoms with Gasteiger partial charge in [-0.05, 0) is 49.9 Å². The lowest BCUT2D eigenvalue weighted by molar-refractivity contribution is -0.146. The van der Waals surface area contributed by atoms with Gasteiger partial charge in [0.2, 0.25) is 0 Å². The Morgan fingerprint density at radius 1 is 1.33 bits per heavy atom. The van der Waals surface area contributed by atoms with Crippen LogP contribution in [-0.2, 0) is 16.0 Å². The molecule has 1 aliphatic rings. The number of rotatable bonds is 6. The molecule has 4 heteroatoms. The maximum absolute atomic E-state index is 12.4. The highest BCUT2D eigenvalue weighted by atomic mass is 16.5. The van der Waals surface area contributed by atoms with Gasteiger partial charge in [-0.3, -0.25) is 9.59 Å². The number of ketones is 1. The van der Waals surface area contributed by atoms with Crippen molar-refractivity contribution in [1.82, 2.24) is 0 Å². The number of Topliss-reactive ketones (excluding diaryl/α,β-unsaturated/α-hetero) is 1. The molecular weight excluding hydrogens is 268 g/mol. The van der Waals surface area contributed by atoms with Crippen molar-refractivity contribution in [1.29, 1.82) is 0 Å². The van der Waals surface area contributed by atoms with Crippen molar-refractivity contribution in [2.45, 2.75) is 39.5 Å². The highest BCUT2D eigenvalue weighted by Gasteiger charge is 2.33. The maximum Gasteiger partial charge on any atom is 0.316 e. The molecule has 1 aliphatic carbocycles. The fourth-order valence-electron chi connectivity index (χ4n) is 2.53. The first-order valence-electron chi connectivity index (χ1n) is 7.64. The second-order valence-electron chi connectivity index (χ2n) is 5.23. The van der Waals surface area contributed by atoms with Crippen molar-refractivity contribution in [3.05, 3.63) is 29.3 Å². The molecule has 114 valence electrons. The molecule has 0 heterocycles. The van der Waals surface area contributed by atoms with Crippen LogP contribution in [0.1, 0.15) is 49.0 Å². The lowest BCUT2D eigenvalue weighted by Crippen LogP contribution is -2.31. The van der Waals surface area contributed by atoms with Gasteiger partial charge in [0.1, 0.15) is 11.7 Å². The summed E-state index contributed by atoms with van der Waals surface area (Å²) in [5, 5.41) is 0. The minimum Gasteiger partial charge on any atom is -0.494 e. The van der Waals surface area contributed by atoms with Crippen molar-refractivity contribution in [2.75, 3.05) is 13.2 Å². The quantitative estimate of drug-likeness (QED) is 0.459. The molecule has 4 nitrogen and oxygen atoms in total. The van der Waals surface area contributed by atoms with E-state index in [9.17, 15) is 9.59 Å². The number of esters is 1. The number of ether oxygens (including phenoxy) is 2. The molecule has 0 aliphatic heterocycles. The molecule has 2 rings (SSSR count). The van der Waals surface area contributed by atoms with E-state index < -0.39 is 11.9 Å². The largest absolute Gasteiger partial charge is 0.494 e. The Kier molecular flexibility index (Phi) is 5.37. The lowest BCUT2D eigenvalue weighted by atomic mass is 9.82. The zero-order chi connectivity index (χ0) is 15.2. The van der Waals surface area contributed by atoms with Gasteiger partial charge in [-0.2, -0.15) is 0 Å². The van der Waals surface area contributed by atoms with Gasteiger partial charge in [-0.1, -0.05) is 13.3 Å². The number of unbranched alkanes of at least 4 members (excludes halogenated alkanes) is 1. The molecule has 21 heavy (non-hydrogen) atoms.